The molecule has 0 saturated heterocycles. The third kappa shape index (κ3) is 54.8. The van der Waals surface area contributed by atoms with Gasteiger partial charge < -0.3 is 28.5 Å². The van der Waals surface area contributed by atoms with Gasteiger partial charge in [-0.15, -0.1) is 0 Å². The molecule has 1 amide bonds. The lowest BCUT2D eigenvalue weighted by molar-refractivity contribution is -0.870. The molecule has 430 valence electrons. The van der Waals surface area contributed by atoms with Crippen LogP contribution < -0.4 is 10.2 Å². The molecule has 0 aromatic heterocycles. The van der Waals surface area contributed by atoms with Crippen molar-refractivity contribution < 1.29 is 37.3 Å². The first-order valence-electron chi connectivity index (χ1n) is 31.3. The van der Waals surface area contributed by atoms with Crippen molar-refractivity contribution in [1.82, 2.24) is 5.32 Å². The summed E-state index contributed by atoms with van der Waals surface area (Å²) in [6.07, 6.45) is 63.8. The average Bonchev–Trinajstić information content (AvgIpc) is 3.35. The molecule has 0 fully saturated rings. The SMILES string of the molecule is CCCCC/C=C\C/C=C\CCCCCCCCCC(=O)OC(/C=C/CCCCCCCCCCCCC)C(COP(=O)([O-])OCC[N+](C)(C)C)NC(=O)CCCCCCCCCCCCCCCCCCC. The van der Waals surface area contributed by atoms with Crippen LogP contribution >= 0.6 is 7.82 Å². The molecule has 3 unspecified atom stereocenters. The summed E-state index contributed by atoms with van der Waals surface area (Å²) in [5.74, 6) is -0.536. The fraction of sp³-hybridized carbons (Fsp3) is 0.873. The van der Waals surface area contributed by atoms with Crippen molar-refractivity contribution in [2.75, 3.05) is 40.9 Å². The van der Waals surface area contributed by atoms with E-state index in [2.05, 4.69) is 50.4 Å². The van der Waals surface area contributed by atoms with E-state index < -0.39 is 20.0 Å². The zero-order valence-corrected chi connectivity index (χ0v) is 50.0. The van der Waals surface area contributed by atoms with E-state index in [9.17, 15) is 19.0 Å². The average molecular weight is 1050 g/mol. The Hall–Kier alpha value is -1.77. The monoisotopic (exact) mass is 1050 g/mol. The molecular formula is C63H121N2O7P. The lowest BCUT2D eigenvalue weighted by Crippen LogP contribution is -2.47. The van der Waals surface area contributed by atoms with Gasteiger partial charge in [-0.2, -0.15) is 0 Å². The zero-order chi connectivity index (χ0) is 53.6. The molecular weight excluding hydrogens is 928 g/mol. The van der Waals surface area contributed by atoms with Gasteiger partial charge >= 0.3 is 5.97 Å². The molecule has 9 nitrogen and oxygen atoms in total. The van der Waals surface area contributed by atoms with Crippen molar-refractivity contribution in [1.29, 1.82) is 0 Å². The number of allylic oxidation sites excluding steroid dienone is 5. The molecule has 10 heteroatoms. The van der Waals surface area contributed by atoms with Gasteiger partial charge in [-0.3, -0.25) is 14.2 Å². The summed E-state index contributed by atoms with van der Waals surface area (Å²) < 4.78 is 30.3. The molecule has 0 aromatic carbocycles. The van der Waals surface area contributed by atoms with Gasteiger partial charge in [0.2, 0.25) is 5.91 Å². The van der Waals surface area contributed by atoms with Crippen LogP contribution in [-0.4, -0.2) is 69.4 Å². The summed E-state index contributed by atoms with van der Waals surface area (Å²) in [5, 5.41) is 3.03. The Kier molecular flexibility index (Phi) is 52.3. The standard InChI is InChI=1S/C63H121N2O7P/c1-7-10-13-16-19-22-25-28-30-32-34-37-40-43-46-49-52-55-62(66)64-60(59-71-73(68,69)70-58-57-65(4,5)6)61(54-51-48-45-42-39-36-27-24-21-18-15-12-9-3)72-63(67)56-53-50-47-44-41-38-35-33-31-29-26-23-20-17-14-11-8-2/h20,23,29,31,51,54,60-61H,7-19,21-22,24-28,30,32-50,52-53,55-59H2,1-6H3,(H-,64,66,68,69)/b23-20-,31-29-,54-51+. The first kappa shape index (κ1) is 71.2. The van der Waals surface area contributed by atoms with Crippen LogP contribution in [0.5, 0.6) is 0 Å². The predicted molar refractivity (Wildman–Crippen MR) is 312 cm³/mol. The third-order valence-corrected chi connectivity index (χ3v) is 15.0. The van der Waals surface area contributed by atoms with Gasteiger partial charge in [-0.1, -0.05) is 263 Å². The van der Waals surface area contributed by atoms with Crippen LogP contribution in [0.25, 0.3) is 0 Å². The highest BCUT2D eigenvalue weighted by Gasteiger charge is 2.27. The number of phosphoric acid groups is 1. The van der Waals surface area contributed by atoms with Crippen LogP contribution in [-0.2, 0) is 27.9 Å². The van der Waals surface area contributed by atoms with E-state index in [-0.39, 0.29) is 31.5 Å². The van der Waals surface area contributed by atoms with Gasteiger partial charge in [0, 0.05) is 12.8 Å². The number of nitrogens with one attached hydrogen (secondary N) is 1. The Morgan fingerprint density at radius 2 is 0.836 bits per heavy atom. The largest absolute Gasteiger partial charge is 0.756 e. The quantitative estimate of drug-likeness (QED) is 0.0212. The Bertz CT molecular complexity index is 1350. The Morgan fingerprint density at radius 3 is 1.26 bits per heavy atom. The minimum absolute atomic E-state index is 0.0212. The number of carbonyl (C=O) groups excluding carboxylic acids is 2. The van der Waals surface area contributed by atoms with Crippen LogP contribution in [0, 0.1) is 0 Å². The molecule has 0 aliphatic heterocycles. The number of hydrogen-bond donors (Lipinski definition) is 1. The predicted octanol–water partition coefficient (Wildman–Crippen LogP) is 18.5. The second kappa shape index (κ2) is 53.6. The Morgan fingerprint density at radius 1 is 0.479 bits per heavy atom. The molecule has 0 heterocycles. The van der Waals surface area contributed by atoms with E-state index in [1.165, 1.54) is 193 Å². The molecule has 73 heavy (non-hydrogen) atoms. The van der Waals surface area contributed by atoms with E-state index in [1.54, 1.807) is 0 Å². The molecule has 3 atom stereocenters. The highest BCUT2D eigenvalue weighted by atomic mass is 31.2. The van der Waals surface area contributed by atoms with Crippen LogP contribution in [0.15, 0.2) is 36.5 Å². The van der Waals surface area contributed by atoms with Crippen LogP contribution in [0.3, 0.4) is 0 Å². The molecule has 0 aliphatic rings. The van der Waals surface area contributed by atoms with E-state index in [4.69, 9.17) is 13.8 Å². The minimum Gasteiger partial charge on any atom is -0.756 e. The number of unbranched alkanes of at least 4 members (excludes halogenated alkanes) is 37. The number of phosphoric ester groups is 1. The van der Waals surface area contributed by atoms with Gasteiger partial charge in [-0.05, 0) is 63.9 Å². The third-order valence-electron chi connectivity index (χ3n) is 14.1. The minimum atomic E-state index is -4.70. The van der Waals surface area contributed by atoms with E-state index >= 15 is 0 Å². The molecule has 0 bridgehead atoms. The number of amides is 1. The van der Waals surface area contributed by atoms with Crippen molar-refractivity contribution in [3.8, 4) is 0 Å². The van der Waals surface area contributed by atoms with Crippen LogP contribution in [0.2, 0.25) is 0 Å². The van der Waals surface area contributed by atoms with Gasteiger partial charge in [0.1, 0.15) is 19.3 Å². The van der Waals surface area contributed by atoms with Crippen molar-refractivity contribution in [3.63, 3.8) is 0 Å². The van der Waals surface area contributed by atoms with Crippen molar-refractivity contribution in [3.05, 3.63) is 36.5 Å². The Labute approximate surface area is 453 Å². The zero-order valence-electron chi connectivity index (χ0n) is 49.1. The number of rotatable bonds is 57. The highest BCUT2D eigenvalue weighted by Crippen LogP contribution is 2.38. The van der Waals surface area contributed by atoms with E-state index in [1.807, 2.05) is 33.3 Å². The normalized spacial score (nSPS) is 13.9. The number of carbonyl (C=O) groups is 2. The summed E-state index contributed by atoms with van der Waals surface area (Å²) in [5.41, 5.74) is 0. The van der Waals surface area contributed by atoms with Gasteiger partial charge in [0.25, 0.3) is 7.82 Å². The smallest absolute Gasteiger partial charge is 0.306 e. The molecule has 0 spiro atoms. The maximum Gasteiger partial charge on any atom is 0.306 e. The molecule has 0 aromatic rings. The lowest BCUT2D eigenvalue weighted by atomic mass is 10.0. The number of hydrogen-bond acceptors (Lipinski definition) is 7. The first-order valence-corrected chi connectivity index (χ1v) is 32.8. The van der Waals surface area contributed by atoms with Gasteiger partial charge in [0.05, 0.1) is 33.8 Å². The fourth-order valence-electron chi connectivity index (χ4n) is 9.20. The molecule has 0 rings (SSSR count). The fourth-order valence-corrected chi connectivity index (χ4v) is 9.92. The van der Waals surface area contributed by atoms with E-state index in [0.717, 1.165) is 77.0 Å². The molecule has 0 saturated carbocycles. The van der Waals surface area contributed by atoms with Crippen LogP contribution in [0.4, 0.5) is 0 Å². The maximum atomic E-state index is 13.5. The highest BCUT2D eigenvalue weighted by molar-refractivity contribution is 7.45. The van der Waals surface area contributed by atoms with Crippen molar-refractivity contribution in [2.45, 2.75) is 315 Å². The van der Waals surface area contributed by atoms with Crippen molar-refractivity contribution >= 4 is 19.7 Å². The van der Waals surface area contributed by atoms with Crippen molar-refractivity contribution in [2.24, 2.45) is 0 Å². The lowest BCUT2D eigenvalue weighted by Gasteiger charge is -2.30. The van der Waals surface area contributed by atoms with Gasteiger partial charge in [0.15, 0.2) is 0 Å². The topological polar surface area (TPSA) is 114 Å². The Balaban J connectivity index is 5.28. The molecule has 0 radical (unpaired) electrons. The summed E-state index contributed by atoms with van der Waals surface area (Å²) in [6, 6.07) is -0.887. The summed E-state index contributed by atoms with van der Waals surface area (Å²) in [4.78, 5) is 40.0. The number of esters is 1. The number of quaternary nitrogens is 1. The maximum absolute atomic E-state index is 13.5. The summed E-state index contributed by atoms with van der Waals surface area (Å²) in [6.45, 7) is 6.85. The number of nitrogens with zero attached hydrogens (tertiary/aromatic N) is 1. The van der Waals surface area contributed by atoms with E-state index in [0.29, 0.717) is 17.4 Å². The molecule has 0 aliphatic carbocycles. The first-order chi connectivity index (χ1) is 35.4. The summed E-state index contributed by atoms with van der Waals surface area (Å²) >= 11 is 0. The van der Waals surface area contributed by atoms with Crippen LogP contribution in [0.1, 0.15) is 303 Å². The second-order valence-corrected chi connectivity index (χ2v) is 24.0. The number of ether oxygens (including phenoxy) is 1. The van der Waals surface area contributed by atoms with Gasteiger partial charge in [-0.25, -0.2) is 0 Å². The molecule has 1 N–H and O–H groups in total. The summed E-state index contributed by atoms with van der Waals surface area (Å²) in [7, 11) is 1.19. The number of likely N-dealkylation sites (N-methyl/N-ethyl adjacent to an activating group) is 1. The second-order valence-electron chi connectivity index (χ2n) is 22.6.